The number of nitrogens with one attached hydrogen (secondary N) is 1. The maximum absolute atomic E-state index is 11.8. The molecule has 1 aromatic rings. The number of benzene rings is 1. The van der Waals surface area contributed by atoms with E-state index in [0.29, 0.717) is 17.9 Å². The molecule has 0 bridgehead atoms. The molecule has 1 fully saturated rings. The van der Waals surface area contributed by atoms with E-state index in [1.54, 1.807) is 18.2 Å². The summed E-state index contributed by atoms with van der Waals surface area (Å²) in [6.45, 7) is 1.18. The lowest BCUT2D eigenvalue weighted by molar-refractivity contribution is -0.121. The van der Waals surface area contributed by atoms with Crippen LogP contribution in [0.4, 0.5) is 5.69 Å². The molecule has 5 nitrogen and oxygen atoms in total. The lowest BCUT2D eigenvalue weighted by Gasteiger charge is -2.11. The van der Waals surface area contributed by atoms with Crippen LogP contribution in [0.3, 0.4) is 0 Å². The van der Waals surface area contributed by atoms with Crippen molar-refractivity contribution in [2.24, 2.45) is 0 Å². The number of amides is 1. The molecule has 2 rings (SSSR count). The molecular weight excluding hydrogens is 324 g/mol. The number of anilines is 1. The van der Waals surface area contributed by atoms with E-state index >= 15 is 0 Å². The number of ether oxygens (including phenoxy) is 2. The zero-order valence-corrected chi connectivity index (χ0v) is 12.5. The fraction of sp³-hybridized carbons (Fsp3) is 0.429. The monoisotopic (exact) mass is 338 g/mol. The summed E-state index contributed by atoms with van der Waals surface area (Å²) < 4.78 is 11.5. The van der Waals surface area contributed by atoms with Gasteiger partial charge in [0, 0.05) is 11.1 Å². The molecule has 1 N–H and O–H groups in total. The number of nitrogens with zero attached hydrogens (tertiary/aromatic N) is 1. The second kappa shape index (κ2) is 7.39. The smallest absolute Gasteiger partial charge is 0.250 e. The fourth-order valence-corrected chi connectivity index (χ4v) is 2.28. The Labute approximate surface area is 126 Å². The summed E-state index contributed by atoms with van der Waals surface area (Å²) >= 11 is 3.33. The third-order valence-electron chi connectivity index (χ3n) is 2.93. The van der Waals surface area contributed by atoms with E-state index in [4.69, 9.17) is 14.7 Å². The van der Waals surface area contributed by atoms with Crippen LogP contribution in [0.1, 0.15) is 18.4 Å². The van der Waals surface area contributed by atoms with E-state index < -0.39 is 0 Å². The van der Waals surface area contributed by atoms with Crippen molar-refractivity contribution >= 4 is 27.5 Å². The van der Waals surface area contributed by atoms with E-state index in [-0.39, 0.29) is 18.6 Å². The van der Waals surface area contributed by atoms with Crippen molar-refractivity contribution in [1.82, 2.24) is 0 Å². The third kappa shape index (κ3) is 4.30. The predicted octanol–water partition coefficient (Wildman–Crippen LogP) is 2.45. The van der Waals surface area contributed by atoms with Crippen molar-refractivity contribution in [2.45, 2.75) is 18.9 Å². The highest BCUT2D eigenvalue weighted by Crippen LogP contribution is 2.23. The quantitative estimate of drug-likeness (QED) is 0.895. The minimum atomic E-state index is -0.251. The summed E-state index contributed by atoms with van der Waals surface area (Å²) in [6.07, 6.45) is 2.14. The van der Waals surface area contributed by atoms with Gasteiger partial charge >= 0.3 is 0 Å². The fourth-order valence-electron chi connectivity index (χ4n) is 1.94. The zero-order chi connectivity index (χ0) is 14.4. The van der Waals surface area contributed by atoms with Gasteiger partial charge in [-0.3, -0.25) is 4.79 Å². The highest BCUT2D eigenvalue weighted by atomic mass is 79.9. The first-order valence-corrected chi connectivity index (χ1v) is 7.17. The number of rotatable bonds is 5. The van der Waals surface area contributed by atoms with Gasteiger partial charge in [-0.05, 0) is 47.0 Å². The van der Waals surface area contributed by atoms with Gasteiger partial charge in [0.15, 0.2) is 0 Å². The molecule has 1 saturated heterocycles. The minimum absolute atomic E-state index is 0.0247. The highest BCUT2D eigenvalue weighted by molar-refractivity contribution is 9.10. The molecule has 0 saturated carbocycles. The number of nitriles is 1. The number of carbonyl (C=O) groups is 1. The van der Waals surface area contributed by atoms with Crippen LogP contribution in [-0.2, 0) is 14.3 Å². The number of carbonyl (C=O) groups excluding carboxylic acids is 1. The summed E-state index contributed by atoms with van der Waals surface area (Å²) in [4.78, 5) is 11.8. The number of hydrogen-bond donors (Lipinski definition) is 1. The van der Waals surface area contributed by atoms with Crippen molar-refractivity contribution in [3.63, 3.8) is 0 Å². The summed E-state index contributed by atoms with van der Waals surface area (Å²) in [6, 6.07) is 7.04. The average Bonchev–Trinajstić information content (AvgIpc) is 2.94. The SMILES string of the molecule is N#Cc1ccc(Br)c(NC(=O)COCC2CCCO2)c1. The molecule has 0 spiro atoms. The maximum Gasteiger partial charge on any atom is 0.250 e. The third-order valence-corrected chi connectivity index (χ3v) is 3.62. The molecule has 1 aliphatic rings. The van der Waals surface area contributed by atoms with Gasteiger partial charge in [-0.2, -0.15) is 5.26 Å². The molecular formula is C14H15BrN2O3. The largest absolute Gasteiger partial charge is 0.376 e. The van der Waals surface area contributed by atoms with E-state index in [1.807, 2.05) is 6.07 Å². The molecule has 0 aliphatic carbocycles. The van der Waals surface area contributed by atoms with Gasteiger partial charge in [0.1, 0.15) is 6.61 Å². The maximum atomic E-state index is 11.8. The molecule has 1 aromatic carbocycles. The Kier molecular flexibility index (Phi) is 5.53. The van der Waals surface area contributed by atoms with E-state index in [0.717, 1.165) is 23.9 Å². The Morgan fingerprint density at radius 3 is 3.15 bits per heavy atom. The van der Waals surface area contributed by atoms with Gasteiger partial charge < -0.3 is 14.8 Å². The first-order valence-electron chi connectivity index (χ1n) is 6.38. The van der Waals surface area contributed by atoms with E-state index in [2.05, 4.69) is 21.2 Å². The zero-order valence-electron chi connectivity index (χ0n) is 10.9. The lowest BCUT2D eigenvalue weighted by Crippen LogP contribution is -2.22. The molecule has 1 atom stereocenters. The van der Waals surface area contributed by atoms with Gasteiger partial charge in [0.05, 0.1) is 30.0 Å². The van der Waals surface area contributed by atoms with Crippen LogP contribution in [0.5, 0.6) is 0 Å². The molecule has 6 heteroatoms. The topological polar surface area (TPSA) is 71.4 Å². The normalized spacial score (nSPS) is 17.7. The summed E-state index contributed by atoms with van der Waals surface area (Å²) in [7, 11) is 0. The first kappa shape index (κ1) is 15.0. The van der Waals surface area contributed by atoms with Crippen molar-refractivity contribution in [1.29, 1.82) is 5.26 Å². The van der Waals surface area contributed by atoms with Crippen molar-refractivity contribution < 1.29 is 14.3 Å². The Morgan fingerprint density at radius 1 is 1.60 bits per heavy atom. The molecule has 20 heavy (non-hydrogen) atoms. The number of hydrogen-bond acceptors (Lipinski definition) is 4. The van der Waals surface area contributed by atoms with Crippen molar-refractivity contribution in [3.8, 4) is 6.07 Å². The summed E-state index contributed by atoms with van der Waals surface area (Å²) in [5.41, 5.74) is 1.05. The van der Waals surface area contributed by atoms with E-state index in [1.165, 1.54) is 0 Å². The van der Waals surface area contributed by atoms with Crippen LogP contribution in [0, 0.1) is 11.3 Å². The summed E-state index contributed by atoms with van der Waals surface area (Å²) in [5, 5.41) is 11.5. The van der Waals surface area contributed by atoms with Crippen LogP contribution < -0.4 is 5.32 Å². The molecule has 1 amide bonds. The molecule has 0 radical (unpaired) electrons. The molecule has 1 heterocycles. The lowest BCUT2D eigenvalue weighted by atomic mass is 10.2. The Hall–Kier alpha value is -1.42. The Morgan fingerprint density at radius 2 is 2.45 bits per heavy atom. The van der Waals surface area contributed by atoms with Crippen LogP contribution in [0.25, 0.3) is 0 Å². The first-order chi connectivity index (χ1) is 9.69. The molecule has 1 unspecified atom stereocenters. The van der Waals surface area contributed by atoms with Crippen LogP contribution >= 0.6 is 15.9 Å². The standard InChI is InChI=1S/C14H15BrN2O3/c15-12-4-3-10(7-16)6-13(12)17-14(18)9-19-8-11-2-1-5-20-11/h3-4,6,11H,1-2,5,8-9H2,(H,17,18). The van der Waals surface area contributed by atoms with Crippen molar-refractivity contribution in [2.75, 3.05) is 25.1 Å². The van der Waals surface area contributed by atoms with Crippen molar-refractivity contribution in [3.05, 3.63) is 28.2 Å². The molecule has 106 valence electrons. The predicted molar refractivity (Wildman–Crippen MR) is 77.3 cm³/mol. The highest BCUT2D eigenvalue weighted by Gasteiger charge is 2.16. The second-order valence-electron chi connectivity index (χ2n) is 4.50. The number of halogens is 1. The van der Waals surface area contributed by atoms with Gasteiger partial charge in [-0.15, -0.1) is 0 Å². The summed E-state index contributed by atoms with van der Waals surface area (Å²) in [5.74, 6) is -0.251. The average molecular weight is 339 g/mol. The van der Waals surface area contributed by atoms with Crippen LogP contribution in [0.2, 0.25) is 0 Å². The van der Waals surface area contributed by atoms with Gasteiger partial charge in [-0.1, -0.05) is 0 Å². The molecule has 1 aliphatic heterocycles. The van der Waals surface area contributed by atoms with Gasteiger partial charge in [0.25, 0.3) is 0 Å². The van der Waals surface area contributed by atoms with Crippen LogP contribution in [0.15, 0.2) is 22.7 Å². The Bertz CT molecular complexity index is 522. The van der Waals surface area contributed by atoms with Gasteiger partial charge in [0.2, 0.25) is 5.91 Å². The molecule has 0 aromatic heterocycles. The second-order valence-corrected chi connectivity index (χ2v) is 5.36. The van der Waals surface area contributed by atoms with Gasteiger partial charge in [-0.25, -0.2) is 0 Å². The minimum Gasteiger partial charge on any atom is -0.376 e. The van der Waals surface area contributed by atoms with E-state index in [9.17, 15) is 4.79 Å². The Balaban J connectivity index is 1.80. The van der Waals surface area contributed by atoms with Crippen LogP contribution in [-0.4, -0.2) is 31.8 Å².